The molecule has 5 nitrogen and oxygen atoms in total. The maximum absolute atomic E-state index is 12.1. The van der Waals surface area contributed by atoms with E-state index in [0.29, 0.717) is 16.3 Å². The highest BCUT2D eigenvalue weighted by Gasteiger charge is 2.19. The fourth-order valence-corrected chi connectivity index (χ4v) is 4.09. The van der Waals surface area contributed by atoms with Crippen molar-refractivity contribution in [3.63, 3.8) is 0 Å². The zero-order valence-electron chi connectivity index (χ0n) is 12.0. The van der Waals surface area contributed by atoms with Gasteiger partial charge in [-0.3, -0.25) is 4.72 Å². The van der Waals surface area contributed by atoms with Crippen molar-refractivity contribution >= 4 is 33.0 Å². The van der Waals surface area contributed by atoms with Crippen molar-refractivity contribution < 1.29 is 17.9 Å². The minimum Gasteiger partial charge on any atom is -0.422 e. The zero-order valence-corrected chi connectivity index (χ0v) is 13.6. The number of thiophene rings is 1. The van der Waals surface area contributed by atoms with Gasteiger partial charge in [-0.1, -0.05) is 0 Å². The van der Waals surface area contributed by atoms with Crippen LogP contribution in [-0.4, -0.2) is 20.6 Å². The zero-order chi connectivity index (χ0) is 15.7. The smallest absolute Gasteiger partial charge is 0.353 e. The van der Waals surface area contributed by atoms with Crippen LogP contribution in [-0.2, 0) is 22.9 Å². The molecule has 1 aromatic heterocycles. The summed E-state index contributed by atoms with van der Waals surface area (Å²) in [4.78, 5) is 14.0. The van der Waals surface area contributed by atoms with Gasteiger partial charge in [0.1, 0.15) is 10.6 Å². The lowest BCUT2D eigenvalue weighted by atomic mass is 10.2. The van der Waals surface area contributed by atoms with Gasteiger partial charge >= 0.3 is 5.97 Å². The molecule has 1 N–H and O–H groups in total. The molecule has 0 unspecified atom stereocenters. The Morgan fingerprint density at radius 2 is 1.95 bits per heavy atom. The third-order valence-corrected chi connectivity index (χ3v) is 5.14. The van der Waals surface area contributed by atoms with E-state index in [1.54, 1.807) is 24.3 Å². The van der Waals surface area contributed by atoms with Gasteiger partial charge in [0, 0.05) is 10.6 Å². The molecule has 1 heterocycles. The average molecular weight is 337 g/mol. The third kappa shape index (κ3) is 3.48. The van der Waals surface area contributed by atoms with Gasteiger partial charge in [-0.15, -0.1) is 11.3 Å². The molecule has 3 rings (SSSR count). The number of anilines is 1. The fourth-order valence-electron chi connectivity index (χ4n) is 2.39. The minimum atomic E-state index is -3.31. The van der Waals surface area contributed by atoms with E-state index in [0.717, 1.165) is 25.5 Å². The number of carbonyl (C=O) groups is 1. The first-order valence-electron chi connectivity index (χ1n) is 6.82. The van der Waals surface area contributed by atoms with Crippen molar-refractivity contribution in [3.8, 4) is 5.75 Å². The summed E-state index contributed by atoms with van der Waals surface area (Å²) in [5, 5.41) is 0. The Morgan fingerprint density at radius 1 is 1.23 bits per heavy atom. The number of nitrogens with one attached hydrogen (secondary N) is 1. The summed E-state index contributed by atoms with van der Waals surface area (Å²) >= 11 is 1.49. The molecule has 0 atom stereocenters. The molecule has 0 radical (unpaired) electrons. The number of hydrogen-bond acceptors (Lipinski definition) is 5. The van der Waals surface area contributed by atoms with Gasteiger partial charge in [0.2, 0.25) is 10.0 Å². The fraction of sp³-hybridized carbons (Fsp3) is 0.267. The van der Waals surface area contributed by atoms with Crippen molar-refractivity contribution in [1.29, 1.82) is 0 Å². The summed E-state index contributed by atoms with van der Waals surface area (Å²) in [7, 11) is -3.31. The number of hydrogen-bond donors (Lipinski definition) is 1. The quantitative estimate of drug-likeness (QED) is 0.688. The largest absolute Gasteiger partial charge is 0.422 e. The molecular weight excluding hydrogens is 322 g/mol. The van der Waals surface area contributed by atoms with Gasteiger partial charge in [-0.25, -0.2) is 13.2 Å². The second-order valence-corrected chi connectivity index (χ2v) is 8.09. The summed E-state index contributed by atoms with van der Waals surface area (Å²) in [6, 6.07) is 8.14. The molecule has 7 heteroatoms. The molecule has 1 aliphatic rings. The lowest BCUT2D eigenvalue weighted by Gasteiger charge is -2.06. The molecule has 1 aliphatic carbocycles. The lowest BCUT2D eigenvalue weighted by Crippen LogP contribution is -2.10. The van der Waals surface area contributed by atoms with E-state index in [4.69, 9.17) is 4.74 Å². The Balaban J connectivity index is 1.68. The predicted molar refractivity (Wildman–Crippen MR) is 86.2 cm³/mol. The number of ether oxygens (including phenoxy) is 1. The SMILES string of the molecule is CS(=O)(=O)Nc1ccc(OC(=O)c2cc3c(s2)CCC3)cc1. The molecule has 0 saturated carbocycles. The van der Waals surface area contributed by atoms with E-state index >= 15 is 0 Å². The van der Waals surface area contributed by atoms with Gasteiger partial charge in [-0.05, 0) is 55.2 Å². The Hall–Kier alpha value is -1.86. The van der Waals surface area contributed by atoms with Gasteiger partial charge in [0.25, 0.3) is 0 Å². The predicted octanol–water partition coefficient (Wildman–Crippen LogP) is 2.83. The number of fused-ring (bicyclic) bond motifs is 1. The molecule has 0 saturated heterocycles. The van der Waals surface area contributed by atoms with Gasteiger partial charge < -0.3 is 4.74 Å². The Kier molecular flexibility index (Phi) is 3.92. The summed E-state index contributed by atoms with van der Waals surface area (Å²) in [6.45, 7) is 0. The second kappa shape index (κ2) is 5.73. The third-order valence-electron chi connectivity index (χ3n) is 3.32. The van der Waals surface area contributed by atoms with Gasteiger partial charge in [0.15, 0.2) is 0 Å². The lowest BCUT2D eigenvalue weighted by molar-refractivity contribution is 0.0739. The Bertz CT molecular complexity index is 785. The summed E-state index contributed by atoms with van der Waals surface area (Å²) in [5.74, 6) is 0.0147. The van der Waals surface area contributed by atoms with Crippen LogP contribution in [0.2, 0.25) is 0 Å². The van der Waals surface area contributed by atoms with E-state index < -0.39 is 10.0 Å². The highest BCUT2D eigenvalue weighted by atomic mass is 32.2. The second-order valence-electron chi connectivity index (χ2n) is 5.20. The monoisotopic (exact) mass is 337 g/mol. The van der Waals surface area contributed by atoms with Crippen LogP contribution in [0.4, 0.5) is 5.69 Å². The maximum Gasteiger partial charge on any atom is 0.353 e. The van der Waals surface area contributed by atoms with E-state index in [9.17, 15) is 13.2 Å². The minimum absolute atomic E-state index is 0.372. The molecule has 116 valence electrons. The van der Waals surface area contributed by atoms with Crippen LogP contribution in [0.25, 0.3) is 0 Å². The molecule has 0 aliphatic heterocycles. The number of esters is 1. The number of carbonyl (C=O) groups excluding carboxylic acids is 1. The van der Waals surface area contributed by atoms with Crippen LogP contribution >= 0.6 is 11.3 Å². The Labute approximate surface area is 133 Å². The maximum atomic E-state index is 12.1. The first-order valence-corrected chi connectivity index (χ1v) is 9.53. The standard InChI is InChI=1S/C15H15NO4S2/c1-22(18,19)16-11-5-7-12(8-6-11)20-15(17)14-9-10-3-2-4-13(10)21-14/h5-9,16H,2-4H2,1H3. The first-order chi connectivity index (χ1) is 10.4. The highest BCUT2D eigenvalue weighted by molar-refractivity contribution is 7.92. The van der Waals surface area contributed by atoms with E-state index in [1.165, 1.54) is 21.8 Å². The Morgan fingerprint density at radius 3 is 2.59 bits per heavy atom. The topological polar surface area (TPSA) is 72.5 Å². The van der Waals surface area contributed by atoms with Crippen molar-refractivity contribution in [2.75, 3.05) is 11.0 Å². The van der Waals surface area contributed by atoms with E-state index in [-0.39, 0.29) is 5.97 Å². The van der Waals surface area contributed by atoms with Crippen molar-refractivity contribution in [3.05, 3.63) is 45.6 Å². The molecule has 0 fully saturated rings. The number of benzene rings is 1. The van der Waals surface area contributed by atoms with Crippen molar-refractivity contribution in [1.82, 2.24) is 0 Å². The molecule has 0 amide bonds. The summed E-state index contributed by atoms with van der Waals surface area (Å²) in [5.41, 5.74) is 1.68. The van der Waals surface area contributed by atoms with Crippen molar-refractivity contribution in [2.45, 2.75) is 19.3 Å². The number of aryl methyl sites for hydroxylation is 2. The molecule has 0 bridgehead atoms. The molecule has 2 aromatic rings. The molecule has 1 aromatic carbocycles. The molecule has 22 heavy (non-hydrogen) atoms. The van der Waals surface area contributed by atoms with Gasteiger partial charge in [-0.2, -0.15) is 0 Å². The van der Waals surface area contributed by atoms with Crippen LogP contribution < -0.4 is 9.46 Å². The summed E-state index contributed by atoms with van der Waals surface area (Å²) < 4.78 is 29.9. The highest BCUT2D eigenvalue weighted by Crippen LogP contribution is 2.31. The average Bonchev–Trinajstić information content (AvgIpc) is 3.00. The van der Waals surface area contributed by atoms with E-state index in [2.05, 4.69) is 4.72 Å². The van der Waals surface area contributed by atoms with Crippen LogP contribution in [0.15, 0.2) is 30.3 Å². The van der Waals surface area contributed by atoms with Crippen LogP contribution in [0.1, 0.15) is 26.5 Å². The van der Waals surface area contributed by atoms with Crippen molar-refractivity contribution in [2.24, 2.45) is 0 Å². The van der Waals surface area contributed by atoms with Crippen LogP contribution in [0, 0.1) is 0 Å². The normalized spacial score (nSPS) is 13.7. The van der Waals surface area contributed by atoms with E-state index in [1.807, 2.05) is 6.07 Å². The van der Waals surface area contributed by atoms with Crippen LogP contribution in [0.3, 0.4) is 0 Å². The molecular formula is C15H15NO4S2. The van der Waals surface area contributed by atoms with Gasteiger partial charge in [0.05, 0.1) is 6.26 Å². The number of sulfonamides is 1. The first kappa shape index (κ1) is 15.1. The summed E-state index contributed by atoms with van der Waals surface area (Å²) in [6.07, 6.45) is 4.31. The van der Waals surface area contributed by atoms with Crippen LogP contribution in [0.5, 0.6) is 5.75 Å². The number of rotatable bonds is 4. The molecule has 0 spiro atoms.